The van der Waals surface area contributed by atoms with E-state index >= 15 is 0 Å². The Hall–Kier alpha value is -1.06. The molecule has 0 spiro atoms. The highest BCUT2D eigenvalue weighted by Gasteiger charge is 2.39. The number of benzene rings is 1. The van der Waals surface area contributed by atoms with Crippen molar-refractivity contribution >= 4 is 0 Å². The Kier molecular flexibility index (Phi) is 5.23. The van der Waals surface area contributed by atoms with E-state index in [0.29, 0.717) is 25.2 Å². The van der Waals surface area contributed by atoms with Gasteiger partial charge in [-0.1, -0.05) is 25.5 Å². The number of hydrogen-bond donors (Lipinski definition) is 1. The smallest absolute Gasteiger partial charge is 0.119 e. The SMILES string of the molecule is CCC1C(NC)CC1c1ccc(OCCOC)cc1. The van der Waals surface area contributed by atoms with Gasteiger partial charge in [0.15, 0.2) is 0 Å². The van der Waals surface area contributed by atoms with Crippen molar-refractivity contribution in [3.63, 3.8) is 0 Å². The lowest BCUT2D eigenvalue weighted by Gasteiger charge is -2.45. The van der Waals surface area contributed by atoms with Crippen LogP contribution in [0.4, 0.5) is 0 Å². The maximum atomic E-state index is 5.59. The van der Waals surface area contributed by atoms with Crippen LogP contribution in [0.3, 0.4) is 0 Å². The summed E-state index contributed by atoms with van der Waals surface area (Å²) in [4.78, 5) is 0. The fraction of sp³-hybridized carbons (Fsp3) is 0.625. The average Bonchev–Trinajstić information content (AvgIpc) is 2.41. The second-order valence-corrected chi connectivity index (χ2v) is 5.22. The molecule has 2 rings (SSSR count). The second kappa shape index (κ2) is 6.92. The first kappa shape index (κ1) is 14.4. The molecule has 3 atom stereocenters. The standard InChI is InChI=1S/C16H25NO2/c1-4-14-15(11-16(14)17-2)12-5-7-13(8-6-12)19-10-9-18-3/h5-8,14-17H,4,9-11H2,1-3H3. The van der Waals surface area contributed by atoms with E-state index in [-0.39, 0.29) is 0 Å². The van der Waals surface area contributed by atoms with E-state index in [4.69, 9.17) is 9.47 Å². The zero-order chi connectivity index (χ0) is 13.7. The molecule has 3 heteroatoms. The molecule has 0 bridgehead atoms. The fourth-order valence-electron chi connectivity index (χ4n) is 3.05. The fourth-order valence-corrected chi connectivity index (χ4v) is 3.05. The third-order valence-electron chi connectivity index (χ3n) is 4.25. The van der Waals surface area contributed by atoms with Crippen molar-refractivity contribution in [1.82, 2.24) is 5.32 Å². The molecular weight excluding hydrogens is 238 g/mol. The Morgan fingerprint density at radius 1 is 1.21 bits per heavy atom. The van der Waals surface area contributed by atoms with Crippen LogP contribution in [0.1, 0.15) is 31.2 Å². The normalized spacial score (nSPS) is 25.9. The number of hydrogen-bond acceptors (Lipinski definition) is 3. The minimum atomic E-state index is 0.610. The van der Waals surface area contributed by atoms with Gasteiger partial charge < -0.3 is 14.8 Å². The quantitative estimate of drug-likeness (QED) is 0.767. The van der Waals surface area contributed by atoms with Gasteiger partial charge in [0.05, 0.1) is 6.61 Å². The van der Waals surface area contributed by atoms with Crippen molar-refractivity contribution in [3.05, 3.63) is 29.8 Å². The number of nitrogens with one attached hydrogen (secondary N) is 1. The average molecular weight is 263 g/mol. The molecule has 3 unspecified atom stereocenters. The summed E-state index contributed by atoms with van der Waals surface area (Å²) in [5.41, 5.74) is 1.44. The molecule has 0 aromatic heterocycles. The van der Waals surface area contributed by atoms with Crippen LogP contribution in [0.5, 0.6) is 5.75 Å². The molecule has 1 N–H and O–H groups in total. The minimum Gasteiger partial charge on any atom is -0.491 e. The molecule has 1 aliphatic carbocycles. The van der Waals surface area contributed by atoms with Crippen LogP contribution in [0.15, 0.2) is 24.3 Å². The van der Waals surface area contributed by atoms with Gasteiger partial charge in [0.1, 0.15) is 12.4 Å². The highest BCUT2D eigenvalue weighted by atomic mass is 16.5. The molecule has 1 aromatic rings. The van der Waals surface area contributed by atoms with Crippen LogP contribution in [0.25, 0.3) is 0 Å². The second-order valence-electron chi connectivity index (χ2n) is 5.22. The Morgan fingerprint density at radius 2 is 1.95 bits per heavy atom. The summed E-state index contributed by atoms with van der Waals surface area (Å²) in [5, 5.41) is 3.41. The Labute approximate surface area is 116 Å². The van der Waals surface area contributed by atoms with Crippen molar-refractivity contribution in [2.75, 3.05) is 27.4 Å². The van der Waals surface area contributed by atoms with Gasteiger partial charge in [-0.3, -0.25) is 0 Å². The third-order valence-corrected chi connectivity index (χ3v) is 4.25. The summed E-state index contributed by atoms with van der Waals surface area (Å²) in [6.07, 6.45) is 2.49. The topological polar surface area (TPSA) is 30.5 Å². The first-order chi connectivity index (χ1) is 9.30. The molecule has 106 valence electrons. The molecular formula is C16H25NO2. The summed E-state index contributed by atoms with van der Waals surface area (Å²) in [7, 11) is 3.75. The summed E-state index contributed by atoms with van der Waals surface area (Å²) in [5.74, 6) is 2.40. The van der Waals surface area contributed by atoms with Gasteiger partial charge in [-0.05, 0) is 43.0 Å². The highest BCUT2D eigenvalue weighted by molar-refractivity contribution is 5.32. The van der Waals surface area contributed by atoms with Crippen molar-refractivity contribution in [2.24, 2.45) is 5.92 Å². The van der Waals surface area contributed by atoms with Crippen molar-refractivity contribution < 1.29 is 9.47 Å². The summed E-state index contributed by atoms with van der Waals surface area (Å²) in [6, 6.07) is 9.25. The van der Waals surface area contributed by atoms with E-state index in [9.17, 15) is 0 Å². The molecule has 1 fully saturated rings. The van der Waals surface area contributed by atoms with E-state index in [1.807, 2.05) is 0 Å². The van der Waals surface area contributed by atoms with Crippen LogP contribution >= 0.6 is 0 Å². The Balaban J connectivity index is 1.91. The molecule has 1 aromatic carbocycles. The summed E-state index contributed by atoms with van der Waals surface area (Å²) >= 11 is 0. The predicted molar refractivity (Wildman–Crippen MR) is 77.8 cm³/mol. The molecule has 3 nitrogen and oxygen atoms in total. The van der Waals surface area contributed by atoms with Crippen LogP contribution in [0.2, 0.25) is 0 Å². The lowest BCUT2D eigenvalue weighted by molar-refractivity contribution is 0.146. The number of methoxy groups -OCH3 is 1. The number of ether oxygens (including phenoxy) is 2. The van der Waals surface area contributed by atoms with Gasteiger partial charge in [0.25, 0.3) is 0 Å². The highest BCUT2D eigenvalue weighted by Crippen LogP contribution is 2.44. The van der Waals surface area contributed by atoms with Gasteiger partial charge >= 0.3 is 0 Å². The lowest BCUT2D eigenvalue weighted by Crippen LogP contribution is -2.47. The third kappa shape index (κ3) is 3.28. The molecule has 0 radical (unpaired) electrons. The molecule has 0 amide bonds. The maximum absolute atomic E-state index is 5.59. The predicted octanol–water partition coefficient (Wildman–Crippen LogP) is 2.81. The Morgan fingerprint density at radius 3 is 2.53 bits per heavy atom. The van der Waals surface area contributed by atoms with Gasteiger partial charge in [0.2, 0.25) is 0 Å². The lowest BCUT2D eigenvalue weighted by atomic mass is 9.65. The molecule has 19 heavy (non-hydrogen) atoms. The van der Waals surface area contributed by atoms with Gasteiger partial charge in [-0.25, -0.2) is 0 Å². The van der Waals surface area contributed by atoms with Crippen LogP contribution in [0, 0.1) is 5.92 Å². The first-order valence-corrected chi connectivity index (χ1v) is 7.19. The largest absolute Gasteiger partial charge is 0.491 e. The molecule has 1 aliphatic rings. The van der Waals surface area contributed by atoms with E-state index in [2.05, 4.69) is 43.6 Å². The molecule has 0 aliphatic heterocycles. The van der Waals surface area contributed by atoms with E-state index in [0.717, 1.165) is 11.7 Å². The monoisotopic (exact) mass is 263 g/mol. The zero-order valence-electron chi connectivity index (χ0n) is 12.2. The first-order valence-electron chi connectivity index (χ1n) is 7.19. The Bertz CT molecular complexity index is 377. The molecule has 0 saturated heterocycles. The van der Waals surface area contributed by atoms with E-state index in [1.54, 1.807) is 7.11 Å². The van der Waals surface area contributed by atoms with Gasteiger partial charge in [0, 0.05) is 13.2 Å². The van der Waals surface area contributed by atoms with E-state index < -0.39 is 0 Å². The maximum Gasteiger partial charge on any atom is 0.119 e. The van der Waals surface area contributed by atoms with Crippen LogP contribution in [-0.4, -0.2) is 33.4 Å². The molecule has 1 saturated carbocycles. The van der Waals surface area contributed by atoms with Gasteiger partial charge in [-0.15, -0.1) is 0 Å². The summed E-state index contributed by atoms with van der Waals surface area (Å²) in [6.45, 7) is 3.52. The van der Waals surface area contributed by atoms with Gasteiger partial charge in [-0.2, -0.15) is 0 Å². The number of rotatable bonds is 7. The van der Waals surface area contributed by atoms with Crippen LogP contribution < -0.4 is 10.1 Å². The van der Waals surface area contributed by atoms with E-state index in [1.165, 1.54) is 18.4 Å². The zero-order valence-corrected chi connectivity index (χ0v) is 12.2. The molecule has 0 heterocycles. The minimum absolute atomic E-state index is 0.610. The van der Waals surface area contributed by atoms with Crippen molar-refractivity contribution in [3.8, 4) is 5.75 Å². The van der Waals surface area contributed by atoms with Crippen molar-refractivity contribution in [2.45, 2.75) is 31.7 Å². The van der Waals surface area contributed by atoms with Crippen molar-refractivity contribution in [1.29, 1.82) is 0 Å². The van der Waals surface area contributed by atoms with Crippen LogP contribution in [-0.2, 0) is 4.74 Å². The summed E-state index contributed by atoms with van der Waals surface area (Å²) < 4.78 is 10.6.